The van der Waals surface area contributed by atoms with Crippen LogP contribution in [0.5, 0.6) is 5.75 Å². The molecule has 0 bridgehead atoms. The fraction of sp³-hybridized carbons (Fsp3) is 0.176. The van der Waals surface area contributed by atoms with Crippen LogP contribution < -0.4 is 9.64 Å². The number of hydrogen-bond donors (Lipinski definition) is 1. The molecule has 0 saturated heterocycles. The minimum Gasteiger partial charge on any atom is -0.482 e. The number of carbonyl (C=O) groups is 2. The fourth-order valence-electron chi connectivity index (χ4n) is 2.52. The van der Waals surface area contributed by atoms with Crippen molar-refractivity contribution in [3.8, 4) is 5.75 Å². The second kappa shape index (κ2) is 5.52. The summed E-state index contributed by atoms with van der Waals surface area (Å²) in [6.45, 7) is 2.11. The number of hydrogen-bond acceptors (Lipinski definition) is 3. The monoisotopic (exact) mass is 297 g/mol. The molecule has 0 radical (unpaired) electrons. The molecule has 0 aromatic heterocycles. The highest BCUT2D eigenvalue weighted by Gasteiger charge is 2.26. The second-order valence-corrected chi connectivity index (χ2v) is 5.20. The summed E-state index contributed by atoms with van der Waals surface area (Å²) in [5, 5.41) is 9.27. The Kier molecular flexibility index (Phi) is 3.55. The minimum absolute atomic E-state index is 0.0364. The minimum atomic E-state index is -0.999. The Morgan fingerprint density at radius 1 is 1.27 bits per heavy atom. The molecule has 0 saturated carbocycles. The predicted molar refractivity (Wildman–Crippen MR) is 81.3 cm³/mol. The molecule has 1 aliphatic heterocycles. The summed E-state index contributed by atoms with van der Waals surface area (Å²) < 4.78 is 5.43. The number of aromatic carboxylic acids is 1. The first-order valence-electron chi connectivity index (χ1n) is 6.91. The Bertz CT molecular complexity index is 754. The lowest BCUT2D eigenvalue weighted by atomic mass is 10.1. The molecule has 22 heavy (non-hydrogen) atoms. The standard InChI is InChI=1S/C17H15NO4/c1-11-6-7-15-14(8-11)18(16(19)10-22-15)9-12-4-2-3-5-13(12)17(20)21/h2-8H,9-10H2,1H3,(H,20,21). The Hall–Kier alpha value is -2.82. The third kappa shape index (κ3) is 2.53. The molecular formula is C17H15NO4. The Balaban J connectivity index is 2.01. The highest BCUT2D eigenvalue weighted by molar-refractivity contribution is 5.98. The van der Waals surface area contributed by atoms with Crippen molar-refractivity contribution in [2.24, 2.45) is 0 Å². The van der Waals surface area contributed by atoms with E-state index in [2.05, 4.69) is 0 Å². The number of carboxylic acid groups (broad SMARTS) is 1. The highest BCUT2D eigenvalue weighted by atomic mass is 16.5. The molecule has 1 aliphatic rings. The van der Waals surface area contributed by atoms with Gasteiger partial charge in [0, 0.05) is 0 Å². The van der Waals surface area contributed by atoms with Crippen LogP contribution in [0.1, 0.15) is 21.5 Å². The number of nitrogens with zero attached hydrogens (tertiary/aromatic N) is 1. The molecule has 0 unspecified atom stereocenters. The number of rotatable bonds is 3. The normalized spacial score (nSPS) is 13.5. The Morgan fingerprint density at radius 2 is 2.05 bits per heavy atom. The van der Waals surface area contributed by atoms with Gasteiger partial charge in [-0.05, 0) is 36.2 Å². The van der Waals surface area contributed by atoms with Gasteiger partial charge in [-0.1, -0.05) is 24.3 Å². The van der Waals surface area contributed by atoms with Gasteiger partial charge in [0.25, 0.3) is 5.91 Å². The third-order valence-corrected chi connectivity index (χ3v) is 3.63. The van der Waals surface area contributed by atoms with Gasteiger partial charge in [-0.2, -0.15) is 0 Å². The van der Waals surface area contributed by atoms with Crippen LogP contribution in [0.4, 0.5) is 5.69 Å². The molecule has 1 N–H and O–H groups in total. The van der Waals surface area contributed by atoms with E-state index in [1.165, 1.54) is 0 Å². The van der Waals surface area contributed by atoms with Crippen LogP contribution >= 0.6 is 0 Å². The first-order chi connectivity index (χ1) is 10.6. The van der Waals surface area contributed by atoms with Crippen molar-refractivity contribution in [3.05, 3.63) is 59.2 Å². The average Bonchev–Trinajstić information content (AvgIpc) is 2.50. The molecule has 0 spiro atoms. The summed E-state index contributed by atoms with van der Waals surface area (Å²) in [4.78, 5) is 25.1. The van der Waals surface area contributed by atoms with Gasteiger partial charge in [0.05, 0.1) is 17.8 Å². The van der Waals surface area contributed by atoms with E-state index in [0.29, 0.717) is 17.0 Å². The zero-order valence-corrected chi connectivity index (χ0v) is 12.1. The number of anilines is 1. The number of aryl methyl sites for hydroxylation is 1. The van der Waals surface area contributed by atoms with E-state index in [-0.39, 0.29) is 24.6 Å². The van der Waals surface area contributed by atoms with Gasteiger partial charge in [-0.15, -0.1) is 0 Å². The van der Waals surface area contributed by atoms with E-state index in [9.17, 15) is 14.7 Å². The Morgan fingerprint density at radius 3 is 2.82 bits per heavy atom. The Labute approximate surface area is 127 Å². The van der Waals surface area contributed by atoms with E-state index in [0.717, 1.165) is 5.56 Å². The summed E-state index contributed by atoms with van der Waals surface area (Å²) in [6.07, 6.45) is 0. The van der Waals surface area contributed by atoms with E-state index in [1.807, 2.05) is 25.1 Å². The SMILES string of the molecule is Cc1ccc2c(c1)N(Cc1ccccc1C(=O)O)C(=O)CO2. The predicted octanol–water partition coefficient (Wildman–Crippen LogP) is 2.62. The number of benzene rings is 2. The van der Waals surface area contributed by atoms with Gasteiger partial charge in [0.15, 0.2) is 6.61 Å². The lowest BCUT2D eigenvalue weighted by Crippen LogP contribution is -2.38. The summed E-state index contributed by atoms with van der Waals surface area (Å²) in [7, 11) is 0. The van der Waals surface area contributed by atoms with Crippen LogP contribution in [0.3, 0.4) is 0 Å². The molecule has 1 amide bonds. The second-order valence-electron chi connectivity index (χ2n) is 5.20. The molecule has 112 valence electrons. The maximum Gasteiger partial charge on any atom is 0.336 e. The van der Waals surface area contributed by atoms with Gasteiger partial charge in [-0.3, -0.25) is 4.79 Å². The largest absolute Gasteiger partial charge is 0.482 e. The molecule has 1 heterocycles. The summed E-state index contributed by atoms with van der Waals surface area (Å²) in [5.41, 5.74) is 2.48. The van der Waals surface area contributed by atoms with Gasteiger partial charge in [0.1, 0.15) is 5.75 Å². The van der Waals surface area contributed by atoms with E-state index in [1.54, 1.807) is 29.2 Å². The third-order valence-electron chi connectivity index (χ3n) is 3.63. The molecule has 0 fully saturated rings. The number of amides is 1. The molecule has 3 rings (SSSR count). The molecule has 2 aromatic rings. The van der Waals surface area contributed by atoms with E-state index < -0.39 is 5.97 Å². The lowest BCUT2D eigenvalue weighted by molar-refractivity contribution is -0.121. The highest BCUT2D eigenvalue weighted by Crippen LogP contribution is 2.34. The summed E-state index contributed by atoms with van der Waals surface area (Å²) in [5.74, 6) is -0.544. The average molecular weight is 297 g/mol. The number of carbonyl (C=O) groups excluding carboxylic acids is 1. The maximum absolute atomic E-state index is 12.2. The molecular weight excluding hydrogens is 282 g/mol. The lowest BCUT2D eigenvalue weighted by Gasteiger charge is -2.30. The molecule has 5 heteroatoms. The van der Waals surface area contributed by atoms with Crippen molar-refractivity contribution in [3.63, 3.8) is 0 Å². The first kappa shape index (κ1) is 14.1. The van der Waals surface area contributed by atoms with Crippen LogP contribution in [0.25, 0.3) is 0 Å². The molecule has 0 atom stereocenters. The van der Waals surface area contributed by atoms with Crippen molar-refractivity contribution in [2.45, 2.75) is 13.5 Å². The van der Waals surface area contributed by atoms with E-state index >= 15 is 0 Å². The van der Waals surface area contributed by atoms with Crippen LogP contribution in [-0.4, -0.2) is 23.6 Å². The number of carboxylic acids is 1. The van der Waals surface area contributed by atoms with Gasteiger partial charge in [0.2, 0.25) is 0 Å². The van der Waals surface area contributed by atoms with Crippen LogP contribution in [0, 0.1) is 6.92 Å². The first-order valence-corrected chi connectivity index (χ1v) is 6.91. The number of ether oxygens (including phenoxy) is 1. The van der Waals surface area contributed by atoms with Crippen LogP contribution in [0.2, 0.25) is 0 Å². The van der Waals surface area contributed by atoms with Crippen molar-refractivity contribution in [2.75, 3.05) is 11.5 Å². The molecule has 0 aliphatic carbocycles. The van der Waals surface area contributed by atoms with Crippen molar-refractivity contribution >= 4 is 17.6 Å². The van der Waals surface area contributed by atoms with Gasteiger partial charge < -0.3 is 14.7 Å². The van der Waals surface area contributed by atoms with Crippen LogP contribution in [-0.2, 0) is 11.3 Å². The maximum atomic E-state index is 12.2. The smallest absolute Gasteiger partial charge is 0.336 e. The summed E-state index contributed by atoms with van der Waals surface area (Å²) >= 11 is 0. The fourth-order valence-corrected chi connectivity index (χ4v) is 2.52. The van der Waals surface area contributed by atoms with Gasteiger partial charge in [-0.25, -0.2) is 4.79 Å². The quantitative estimate of drug-likeness (QED) is 0.945. The molecule has 5 nitrogen and oxygen atoms in total. The van der Waals surface area contributed by atoms with Crippen molar-refractivity contribution in [1.29, 1.82) is 0 Å². The van der Waals surface area contributed by atoms with Crippen molar-refractivity contribution < 1.29 is 19.4 Å². The topological polar surface area (TPSA) is 66.8 Å². The van der Waals surface area contributed by atoms with Crippen LogP contribution in [0.15, 0.2) is 42.5 Å². The van der Waals surface area contributed by atoms with Gasteiger partial charge >= 0.3 is 5.97 Å². The zero-order chi connectivity index (χ0) is 15.7. The molecule has 2 aromatic carbocycles. The zero-order valence-electron chi connectivity index (χ0n) is 12.1. The van der Waals surface area contributed by atoms with E-state index in [4.69, 9.17) is 4.74 Å². The number of fused-ring (bicyclic) bond motifs is 1. The van der Waals surface area contributed by atoms with Crippen molar-refractivity contribution in [1.82, 2.24) is 0 Å². The summed E-state index contributed by atoms with van der Waals surface area (Å²) in [6, 6.07) is 12.3.